The lowest BCUT2D eigenvalue weighted by atomic mass is 10.1. The Morgan fingerprint density at radius 1 is 1.00 bits per heavy atom. The normalized spacial score (nSPS) is 10.6. The predicted octanol–water partition coefficient (Wildman–Crippen LogP) is 6.14. The van der Waals surface area contributed by atoms with Crippen LogP contribution in [0.4, 0.5) is 11.4 Å². The number of rotatable bonds is 8. The van der Waals surface area contributed by atoms with E-state index in [1.54, 1.807) is 30.5 Å². The first-order valence-electron chi connectivity index (χ1n) is 10.5. The number of nitro groups is 1. The van der Waals surface area contributed by atoms with Crippen molar-refractivity contribution in [2.45, 2.75) is 20.6 Å². The molecule has 9 nitrogen and oxygen atoms in total. The number of nitrogens with one attached hydrogen (secondary N) is 1. The number of nitrogens with zero attached hydrogens (tertiary/aromatic N) is 3. The quantitative estimate of drug-likeness (QED) is 0.233. The summed E-state index contributed by atoms with van der Waals surface area (Å²) in [5.41, 5.74) is 2.09. The SMILES string of the molecule is Cc1cc(C)cc(Oc2cc(NC(=O)c3ccn(COc4ccc(Cl)cc4)n3)cc([N+](=O)[O-])c2)c1. The molecule has 178 valence electrons. The van der Waals surface area contributed by atoms with Gasteiger partial charge in [0.05, 0.1) is 16.7 Å². The lowest BCUT2D eigenvalue weighted by Gasteiger charge is -2.10. The van der Waals surface area contributed by atoms with E-state index in [2.05, 4.69) is 10.4 Å². The van der Waals surface area contributed by atoms with Crippen LogP contribution < -0.4 is 14.8 Å². The third kappa shape index (κ3) is 6.36. The standard InChI is InChI=1S/C25H21ClN4O5/c1-16-9-17(2)11-22(10-16)35-23-13-19(12-20(14-23)30(32)33)27-25(31)24-7-8-29(28-24)15-34-21-5-3-18(26)4-6-21/h3-14H,15H2,1-2H3,(H,27,31). The third-order valence-electron chi connectivity index (χ3n) is 4.84. The fourth-order valence-electron chi connectivity index (χ4n) is 3.37. The highest BCUT2D eigenvalue weighted by Gasteiger charge is 2.16. The number of nitro benzene ring substituents is 1. The van der Waals surface area contributed by atoms with Crippen molar-refractivity contribution in [2.75, 3.05) is 5.32 Å². The molecule has 0 fully saturated rings. The van der Waals surface area contributed by atoms with Crippen molar-refractivity contribution in [2.24, 2.45) is 0 Å². The van der Waals surface area contributed by atoms with Crippen LogP contribution in [0.1, 0.15) is 21.6 Å². The fourth-order valence-corrected chi connectivity index (χ4v) is 3.50. The van der Waals surface area contributed by atoms with Crippen LogP contribution in [0.3, 0.4) is 0 Å². The molecule has 10 heteroatoms. The Kier molecular flexibility index (Phi) is 6.98. The number of anilines is 1. The minimum atomic E-state index is -0.549. The largest absolute Gasteiger partial charge is 0.471 e. The van der Waals surface area contributed by atoms with E-state index in [1.807, 2.05) is 32.0 Å². The lowest BCUT2D eigenvalue weighted by Crippen LogP contribution is -2.14. The Morgan fingerprint density at radius 3 is 2.37 bits per heavy atom. The number of aryl methyl sites for hydroxylation is 2. The van der Waals surface area contributed by atoms with Crippen LogP contribution in [0.5, 0.6) is 17.2 Å². The zero-order valence-corrected chi connectivity index (χ0v) is 19.7. The van der Waals surface area contributed by atoms with E-state index in [1.165, 1.54) is 28.9 Å². The van der Waals surface area contributed by atoms with Gasteiger partial charge in [-0.1, -0.05) is 17.7 Å². The summed E-state index contributed by atoms with van der Waals surface area (Å²) in [4.78, 5) is 23.6. The first-order chi connectivity index (χ1) is 16.7. The smallest absolute Gasteiger partial charge is 0.276 e. The molecule has 1 N–H and O–H groups in total. The number of hydrogen-bond acceptors (Lipinski definition) is 6. The number of carbonyl (C=O) groups is 1. The van der Waals surface area contributed by atoms with Crippen LogP contribution in [0.15, 0.2) is 72.9 Å². The van der Waals surface area contributed by atoms with E-state index in [9.17, 15) is 14.9 Å². The highest BCUT2D eigenvalue weighted by molar-refractivity contribution is 6.30. The van der Waals surface area contributed by atoms with E-state index in [4.69, 9.17) is 21.1 Å². The highest BCUT2D eigenvalue weighted by atomic mass is 35.5. The van der Waals surface area contributed by atoms with Crippen molar-refractivity contribution in [3.8, 4) is 17.2 Å². The van der Waals surface area contributed by atoms with E-state index >= 15 is 0 Å². The summed E-state index contributed by atoms with van der Waals surface area (Å²) in [5, 5.41) is 18.9. The van der Waals surface area contributed by atoms with Crippen molar-refractivity contribution >= 4 is 28.9 Å². The Bertz CT molecular complexity index is 1360. The Morgan fingerprint density at radius 2 is 1.69 bits per heavy atom. The average molecular weight is 493 g/mol. The summed E-state index contributed by atoms with van der Waals surface area (Å²) in [7, 11) is 0. The zero-order chi connectivity index (χ0) is 24.9. The number of aromatic nitrogens is 2. The first-order valence-corrected chi connectivity index (χ1v) is 10.9. The molecule has 1 heterocycles. The molecule has 0 saturated heterocycles. The molecule has 1 aromatic heterocycles. The molecule has 1 amide bonds. The van der Waals surface area contributed by atoms with Crippen molar-refractivity contribution in [3.05, 3.63) is 105 Å². The minimum Gasteiger partial charge on any atom is -0.471 e. The molecule has 4 aromatic rings. The summed E-state index contributed by atoms with van der Waals surface area (Å²) in [5.74, 6) is 0.831. The van der Waals surface area contributed by atoms with Crippen molar-refractivity contribution in [1.82, 2.24) is 9.78 Å². The van der Waals surface area contributed by atoms with Crippen LogP contribution in [0, 0.1) is 24.0 Å². The molecule has 0 unspecified atom stereocenters. The van der Waals surface area contributed by atoms with Crippen LogP contribution in [-0.2, 0) is 6.73 Å². The van der Waals surface area contributed by atoms with Crippen LogP contribution in [0.25, 0.3) is 0 Å². The van der Waals surface area contributed by atoms with Crippen molar-refractivity contribution in [3.63, 3.8) is 0 Å². The van der Waals surface area contributed by atoms with Gasteiger partial charge in [0.15, 0.2) is 12.4 Å². The first kappa shape index (κ1) is 23.8. The summed E-state index contributed by atoms with van der Waals surface area (Å²) >= 11 is 5.86. The molecular weight excluding hydrogens is 472 g/mol. The Labute approximate surface area is 206 Å². The van der Waals surface area contributed by atoms with Crippen molar-refractivity contribution < 1.29 is 19.2 Å². The van der Waals surface area contributed by atoms with Gasteiger partial charge >= 0.3 is 0 Å². The molecule has 0 radical (unpaired) electrons. The molecule has 0 saturated carbocycles. The van der Waals surface area contributed by atoms with Gasteiger partial charge < -0.3 is 14.8 Å². The van der Waals surface area contributed by atoms with Gasteiger partial charge in [0.2, 0.25) is 0 Å². The summed E-state index contributed by atoms with van der Waals surface area (Å²) in [6.45, 7) is 3.94. The monoisotopic (exact) mass is 492 g/mol. The van der Waals surface area contributed by atoms with Crippen LogP contribution in [-0.4, -0.2) is 20.6 Å². The lowest BCUT2D eigenvalue weighted by molar-refractivity contribution is -0.384. The number of hydrogen-bond donors (Lipinski definition) is 1. The topological polar surface area (TPSA) is 109 Å². The Balaban J connectivity index is 1.47. The molecule has 3 aromatic carbocycles. The average Bonchev–Trinajstić information content (AvgIpc) is 3.27. The van der Waals surface area contributed by atoms with Gasteiger partial charge in [0, 0.05) is 23.4 Å². The maximum atomic E-state index is 12.7. The number of halogens is 1. The zero-order valence-electron chi connectivity index (χ0n) is 18.9. The van der Waals surface area contributed by atoms with Gasteiger partial charge in [-0.25, -0.2) is 4.68 Å². The van der Waals surface area contributed by atoms with Gasteiger partial charge in [0.25, 0.3) is 11.6 Å². The molecule has 35 heavy (non-hydrogen) atoms. The highest BCUT2D eigenvalue weighted by Crippen LogP contribution is 2.31. The van der Waals surface area contributed by atoms with E-state index in [0.29, 0.717) is 16.5 Å². The summed E-state index contributed by atoms with van der Waals surface area (Å²) < 4.78 is 12.9. The van der Waals surface area contributed by atoms with Crippen LogP contribution in [0.2, 0.25) is 5.02 Å². The van der Waals surface area contributed by atoms with E-state index < -0.39 is 10.8 Å². The molecule has 0 aliphatic rings. The third-order valence-corrected chi connectivity index (χ3v) is 5.09. The predicted molar refractivity (Wildman–Crippen MR) is 131 cm³/mol. The van der Waals surface area contributed by atoms with E-state index in [0.717, 1.165) is 11.1 Å². The summed E-state index contributed by atoms with van der Waals surface area (Å²) in [6.07, 6.45) is 1.59. The minimum absolute atomic E-state index is 0.0830. The van der Waals surface area contributed by atoms with Gasteiger partial charge in [-0.05, 0) is 67.4 Å². The van der Waals surface area contributed by atoms with Crippen molar-refractivity contribution in [1.29, 1.82) is 0 Å². The number of non-ortho nitro benzene ring substituents is 1. The second-order valence-electron chi connectivity index (χ2n) is 7.82. The fraction of sp³-hybridized carbons (Fsp3) is 0.120. The molecule has 0 bridgehead atoms. The second kappa shape index (κ2) is 10.3. The van der Waals surface area contributed by atoms with Gasteiger partial charge in [-0.3, -0.25) is 14.9 Å². The molecular formula is C25H21ClN4O5. The molecule has 0 aliphatic carbocycles. The number of ether oxygens (including phenoxy) is 2. The number of amides is 1. The molecule has 4 rings (SSSR count). The van der Waals surface area contributed by atoms with Gasteiger partial charge in [-0.15, -0.1) is 0 Å². The molecule has 0 spiro atoms. The summed E-state index contributed by atoms with van der Waals surface area (Å²) in [6, 6.07) is 18.1. The second-order valence-corrected chi connectivity index (χ2v) is 8.26. The van der Waals surface area contributed by atoms with E-state index in [-0.39, 0.29) is 29.5 Å². The number of benzene rings is 3. The van der Waals surface area contributed by atoms with Crippen LogP contribution >= 0.6 is 11.6 Å². The van der Waals surface area contributed by atoms with Gasteiger partial charge in [-0.2, -0.15) is 5.10 Å². The number of carbonyl (C=O) groups excluding carboxylic acids is 1. The maximum Gasteiger partial charge on any atom is 0.276 e. The maximum absolute atomic E-state index is 12.7. The Hall–Kier alpha value is -4.37. The molecule has 0 aliphatic heterocycles. The van der Waals surface area contributed by atoms with Gasteiger partial charge in [0.1, 0.15) is 17.2 Å². The molecule has 0 atom stereocenters.